The second-order valence-electron chi connectivity index (χ2n) is 9.37. The van der Waals surface area contributed by atoms with Crippen molar-refractivity contribution in [1.82, 2.24) is 19.5 Å². The lowest BCUT2D eigenvalue weighted by molar-refractivity contribution is 0.621. The van der Waals surface area contributed by atoms with Gasteiger partial charge in [-0.15, -0.1) is 0 Å². The summed E-state index contributed by atoms with van der Waals surface area (Å²) < 4.78 is 2.31. The fourth-order valence-corrected chi connectivity index (χ4v) is 5.27. The summed E-state index contributed by atoms with van der Waals surface area (Å²) in [6.45, 7) is 4.49. The first-order valence-corrected chi connectivity index (χ1v) is 11.6. The minimum absolute atomic E-state index is 0.219. The van der Waals surface area contributed by atoms with E-state index in [4.69, 9.17) is 15.0 Å². The maximum absolute atomic E-state index is 5.16. The van der Waals surface area contributed by atoms with Crippen LogP contribution in [0.1, 0.15) is 25.2 Å². The predicted molar refractivity (Wildman–Crippen MR) is 137 cm³/mol. The number of fused-ring (bicyclic) bond motifs is 6. The zero-order valence-electron chi connectivity index (χ0n) is 19.0. The standard InChI is InChI=1S/C30H22N4/c1-30(2)22-15-10-14-21(27(22)34-25-18-9-8-17-24(25)32-29(30)34)28-31-23-16-7-6-13-20(23)26(33-28)19-11-4-3-5-12-19/h3-18H,1-2H3. The third-order valence-electron chi connectivity index (χ3n) is 6.94. The largest absolute Gasteiger partial charge is 0.294 e. The summed E-state index contributed by atoms with van der Waals surface area (Å²) in [5.74, 6) is 1.79. The summed E-state index contributed by atoms with van der Waals surface area (Å²) in [6.07, 6.45) is 0. The van der Waals surface area contributed by atoms with Crippen LogP contribution in [-0.2, 0) is 5.41 Å². The van der Waals surface area contributed by atoms with Gasteiger partial charge in [-0.05, 0) is 43.7 Å². The predicted octanol–water partition coefficient (Wildman–Crippen LogP) is 6.94. The first-order chi connectivity index (χ1) is 16.6. The van der Waals surface area contributed by atoms with Crippen molar-refractivity contribution in [2.45, 2.75) is 19.3 Å². The van der Waals surface area contributed by atoms with Gasteiger partial charge in [0.15, 0.2) is 5.82 Å². The van der Waals surface area contributed by atoms with Gasteiger partial charge in [-0.3, -0.25) is 4.57 Å². The van der Waals surface area contributed by atoms with Gasteiger partial charge in [0.2, 0.25) is 0 Å². The Hall–Kier alpha value is -4.31. The first-order valence-electron chi connectivity index (χ1n) is 11.6. The van der Waals surface area contributed by atoms with E-state index in [1.807, 2.05) is 24.3 Å². The summed E-state index contributed by atoms with van der Waals surface area (Å²) in [7, 11) is 0. The number of hydrogen-bond donors (Lipinski definition) is 0. The molecule has 0 radical (unpaired) electrons. The minimum atomic E-state index is -0.219. The molecule has 7 rings (SSSR count). The summed E-state index contributed by atoms with van der Waals surface area (Å²) in [5.41, 5.74) is 8.28. The molecule has 0 amide bonds. The number of para-hydroxylation sites is 4. The zero-order valence-corrected chi connectivity index (χ0v) is 19.0. The van der Waals surface area contributed by atoms with Crippen LogP contribution in [0.3, 0.4) is 0 Å². The Morgan fingerprint density at radius 3 is 2.24 bits per heavy atom. The number of benzene rings is 4. The van der Waals surface area contributed by atoms with Crippen LogP contribution in [0.4, 0.5) is 0 Å². The lowest BCUT2D eigenvalue weighted by Gasteiger charge is -2.18. The fraction of sp³-hybridized carbons (Fsp3) is 0.100. The van der Waals surface area contributed by atoms with E-state index in [0.29, 0.717) is 0 Å². The smallest absolute Gasteiger partial charge is 0.162 e. The Kier molecular flexibility index (Phi) is 3.86. The fourth-order valence-electron chi connectivity index (χ4n) is 5.27. The van der Waals surface area contributed by atoms with Gasteiger partial charge in [0.1, 0.15) is 5.82 Å². The number of hydrogen-bond acceptors (Lipinski definition) is 3. The Morgan fingerprint density at radius 1 is 0.647 bits per heavy atom. The Balaban J connectivity index is 1.57. The van der Waals surface area contributed by atoms with Gasteiger partial charge in [0.05, 0.1) is 33.3 Å². The SMILES string of the molecule is CC1(C)c2cccc(-c3nc(-c4ccccc4)c4ccccc4n3)c2-n2c1nc1ccccc12. The monoisotopic (exact) mass is 438 g/mol. The van der Waals surface area contributed by atoms with Crippen molar-refractivity contribution >= 4 is 21.9 Å². The van der Waals surface area contributed by atoms with Crippen LogP contribution >= 0.6 is 0 Å². The summed E-state index contributed by atoms with van der Waals surface area (Å²) >= 11 is 0. The van der Waals surface area contributed by atoms with E-state index in [-0.39, 0.29) is 5.41 Å². The van der Waals surface area contributed by atoms with Gasteiger partial charge in [0, 0.05) is 16.5 Å². The van der Waals surface area contributed by atoms with Crippen molar-refractivity contribution in [2.75, 3.05) is 0 Å². The second kappa shape index (κ2) is 6.84. The van der Waals surface area contributed by atoms with E-state index in [2.05, 4.69) is 91.2 Å². The zero-order chi connectivity index (χ0) is 22.9. The Bertz CT molecular complexity index is 1730. The highest BCUT2D eigenvalue weighted by atomic mass is 15.1. The first kappa shape index (κ1) is 19.2. The lowest BCUT2D eigenvalue weighted by atomic mass is 9.84. The van der Waals surface area contributed by atoms with Crippen molar-refractivity contribution in [3.63, 3.8) is 0 Å². The van der Waals surface area contributed by atoms with E-state index in [9.17, 15) is 0 Å². The van der Waals surface area contributed by atoms with Gasteiger partial charge < -0.3 is 0 Å². The third kappa shape index (κ3) is 2.57. The molecule has 2 aromatic heterocycles. The Labute approximate surface area is 197 Å². The average molecular weight is 439 g/mol. The van der Waals surface area contributed by atoms with Crippen LogP contribution in [0, 0.1) is 0 Å². The molecule has 0 saturated heterocycles. The highest BCUT2D eigenvalue weighted by Gasteiger charge is 2.40. The van der Waals surface area contributed by atoms with Crippen molar-refractivity contribution in [2.24, 2.45) is 0 Å². The van der Waals surface area contributed by atoms with Crippen LogP contribution < -0.4 is 0 Å². The molecule has 0 N–H and O–H groups in total. The van der Waals surface area contributed by atoms with Crippen molar-refractivity contribution in [3.8, 4) is 28.3 Å². The normalized spacial score (nSPS) is 13.8. The molecule has 0 bridgehead atoms. The van der Waals surface area contributed by atoms with Crippen LogP contribution in [0.25, 0.3) is 50.3 Å². The number of aromatic nitrogens is 4. The number of rotatable bonds is 2. The molecule has 4 nitrogen and oxygen atoms in total. The summed E-state index contributed by atoms with van der Waals surface area (Å²) in [6, 6.07) is 33.4. The summed E-state index contributed by atoms with van der Waals surface area (Å²) in [4.78, 5) is 15.2. The van der Waals surface area contributed by atoms with Gasteiger partial charge in [-0.1, -0.05) is 72.8 Å². The maximum Gasteiger partial charge on any atom is 0.162 e. The molecule has 0 unspecified atom stereocenters. The van der Waals surface area contributed by atoms with Gasteiger partial charge in [-0.2, -0.15) is 0 Å². The molecular weight excluding hydrogens is 416 g/mol. The third-order valence-corrected chi connectivity index (χ3v) is 6.94. The molecule has 0 atom stereocenters. The Morgan fingerprint density at radius 2 is 1.38 bits per heavy atom. The van der Waals surface area contributed by atoms with E-state index in [0.717, 1.165) is 56.1 Å². The molecule has 4 heteroatoms. The molecule has 0 fully saturated rings. The maximum atomic E-state index is 5.16. The topological polar surface area (TPSA) is 43.6 Å². The van der Waals surface area contributed by atoms with E-state index < -0.39 is 0 Å². The molecule has 6 aromatic rings. The van der Waals surface area contributed by atoms with E-state index >= 15 is 0 Å². The number of imidazole rings is 1. The van der Waals surface area contributed by atoms with Crippen LogP contribution in [-0.4, -0.2) is 19.5 Å². The van der Waals surface area contributed by atoms with Gasteiger partial charge in [-0.25, -0.2) is 15.0 Å². The van der Waals surface area contributed by atoms with E-state index in [1.54, 1.807) is 0 Å². The molecule has 3 heterocycles. The highest BCUT2D eigenvalue weighted by molar-refractivity contribution is 5.94. The van der Waals surface area contributed by atoms with Gasteiger partial charge in [0.25, 0.3) is 0 Å². The van der Waals surface area contributed by atoms with Crippen molar-refractivity contribution in [3.05, 3.63) is 108 Å². The molecule has 1 aliphatic rings. The molecule has 0 aliphatic carbocycles. The summed E-state index contributed by atoms with van der Waals surface area (Å²) in [5, 5.41) is 1.05. The molecule has 1 aliphatic heterocycles. The molecule has 162 valence electrons. The van der Waals surface area contributed by atoms with Crippen LogP contribution in [0.2, 0.25) is 0 Å². The molecule has 0 saturated carbocycles. The molecular formula is C30H22N4. The number of nitrogens with zero attached hydrogens (tertiary/aromatic N) is 4. The second-order valence-corrected chi connectivity index (χ2v) is 9.37. The quantitative estimate of drug-likeness (QED) is 0.294. The minimum Gasteiger partial charge on any atom is -0.294 e. The van der Waals surface area contributed by atoms with E-state index in [1.165, 1.54) is 5.56 Å². The van der Waals surface area contributed by atoms with Crippen molar-refractivity contribution < 1.29 is 0 Å². The van der Waals surface area contributed by atoms with Gasteiger partial charge >= 0.3 is 0 Å². The molecule has 0 spiro atoms. The highest BCUT2D eigenvalue weighted by Crippen LogP contribution is 2.47. The van der Waals surface area contributed by atoms with Crippen molar-refractivity contribution in [1.29, 1.82) is 0 Å². The molecule has 34 heavy (non-hydrogen) atoms. The van der Waals surface area contributed by atoms with Crippen LogP contribution in [0.5, 0.6) is 0 Å². The van der Waals surface area contributed by atoms with Crippen LogP contribution in [0.15, 0.2) is 97.1 Å². The lowest BCUT2D eigenvalue weighted by Crippen LogP contribution is -2.16. The average Bonchev–Trinajstić information content (AvgIpc) is 3.38. The molecule has 4 aromatic carbocycles.